The average molecular weight is 236 g/mol. The Kier molecular flexibility index (Phi) is 6.19. The number of aliphatic hydroxyl groups is 1. The van der Waals surface area contributed by atoms with Gasteiger partial charge < -0.3 is 5.11 Å². The van der Waals surface area contributed by atoms with Gasteiger partial charge in [-0.05, 0) is 18.4 Å². The first-order chi connectivity index (χ1) is 8.22. The van der Waals surface area contributed by atoms with Gasteiger partial charge in [-0.1, -0.05) is 44.2 Å². The molecule has 0 saturated carbocycles. The van der Waals surface area contributed by atoms with E-state index in [9.17, 15) is 5.11 Å². The molecule has 0 aliphatic heterocycles. The Morgan fingerprint density at radius 1 is 1.18 bits per heavy atom. The lowest BCUT2D eigenvalue weighted by Crippen LogP contribution is -2.45. The molecule has 0 amide bonds. The van der Waals surface area contributed by atoms with Crippen LogP contribution in [0.5, 0.6) is 0 Å². The Morgan fingerprint density at radius 3 is 2.29 bits per heavy atom. The van der Waals surface area contributed by atoms with E-state index in [4.69, 9.17) is 0 Å². The molecule has 0 unspecified atom stereocenters. The maximum atomic E-state index is 9.27. The number of likely N-dealkylation sites (N-methyl/N-ethyl adjacent to an activating group) is 1. The van der Waals surface area contributed by atoms with E-state index in [1.165, 1.54) is 5.56 Å². The Labute approximate surface area is 104 Å². The minimum atomic E-state index is 0.174. The Hall–Kier alpha value is -0.900. The fourth-order valence-electron chi connectivity index (χ4n) is 1.96. The summed E-state index contributed by atoms with van der Waals surface area (Å²) in [4.78, 5) is 0. The highest BCUT2D eigenvalue weighted by atomic mass is 16.3. The predicted octanol–water partition coefficient (Wildman–Crippen LogP) is 2.35. The number of hydrogen-bond acceptors (Lipinski definition) is 3. The summed E-state index contributed by atoms with van der Waals surface area (Å²) in [5.41, 5.74) is 4.74. The number of benzene rings is 1. The molecule has 0 saturated heterocycles. The van der Waals surface area contributed by atoms with Crippen LogP contribution in [0.15, 0.2) is 30.3 Å². The van der Waals surface area contributed by atoms with Crippen LogP contribution in [-0.2, 0) is 0 Å². The lowest BCUT2D eigenvalue weighted by molar-refractivity contribution is 0.0816. The van der Waals surface area contributed by atoms with Crippen LogP contribution < -0.4 is 5.43 Å². The van der Waals surface area contributed by atoms with E-state index in [1.807, 2.05) is 18.1 Å². The molecule has 1 aromatic carbocycles. The molecule has 1 aromatic rings. The van der Waals surface area contributed by atoms with Crippen molar-refractivity contribution in [3.05, 3.63) is 35.9 Å². The van der Waals surface area contributed by atoms with Crippen LogP contribution in [0, 0.1) is 0 Å². The van der Waals surface area contributed by atoms with Crippen molar-refractivity contribution >= 4 is 0 Å². The van der Waals surface area contributed by atoms with Crippen LogP contribution in [0.3, 0.4) is 0 Å². The fraction of sp³-hybridized carbons (Fsp3) is 0.571. The number of rotatable bonds is 7. The van der Waals surface area contributed by atoms with Gasteiger partial charge >= 0.3 is 0 Å². The van der Waals surface area contributed by atoms with Crippen LogP contribution in [0.4, 0.5) is 0 Å². The fourth-order valence-corrected chi connectivity index (χ4v) is 1.96. The zero-order chi connectivity index (χ0) is 12.7. The zero-order valence-electron chi connectivity index (χ0n) is 11.1. The second-order valence-electron chi connectivity index (χ2n) is 4.36. The second kappa shape index (κ2) is 7.43. The lowest BCUT2D eigenvalue weighted by Gasteiger charge is -2.30. The maximum absolute atomic E-state index is 9.27. The van der Waals surface area contributed by atoms with Gasteiger partial charge in [-0.3, -0.25) is 0 Å². The van der Waals surface area contributed by atoms with Crippen LogP contribution in [0.1, 0.15) is 38.3 Å². The van der Waals surface area contributed by atoms with Crippen molar-refractivity contribution < 1.29 is 5.11 Å². The van der Waals surface area contributed by atoms with Gasteiger partial charge in [0.25, 0.3) is 0 Å². The van der Waals surface area contributed by atoms with E-state index in [0.29, 0.717) is 6.04 Å². The van der Waals surface area contributed by atoms with E-state index in [0.717, 1.165) is 12.8 Å². The van der Waals surface area contributed by atoms with Gasteiger partial charge in [0.15, 0.2) is 0 Å². The molecule has 2 N–H and O–H groups in total. The third-order valence-electron chi connectivity index (χ3n) is 3.20. The summed E-state index contributed by atoms with van der Waals surface area (Å²) >= 11 is 0. The van der Waals surface area contributed by atoms with Crippen molar-refractivity contribution in [3.63, 3.8) is 0 Å². The zero-order valence-corrected chi connectivity index (χ0v) is 11.1. The van der Waals surface area contributed by atoms with Crippen LogP contribution in [0.2, 0.25) is 0 Å². The van der Waals surface area contributed by atoms with E-state index in [1.54, 1.807) is 0 Å². The smallest absolute Gasteiger partial charge is 0.0600 e. The van der Waals surface area contributed by atoms with Crippen molar-refractivity contribution in [3.8, 4) is 0 Å². The topological polar surface area (TPSA) is 35.5 Å². The molecule has 17 heavy (non-hydrogen) atoms. The highest BCUT2D eigenvalue weighted by molar-refractivity contribution is 5.18. The molecule has 96 valence electrons. The molecule has 0 bridgehead atoms. The third kappa shape index (κ3) is 4.11. The Morgan fingerprint density at radius 2 is 1.82 bits per heavy atom. The average Bonchev–Trinajstić information content (AvgIpc) is 2.38. The molecular formula is C14H24N2O. The van der Waals surface area contributed by atoms with Crippen molar-refractivity contribution in [2.45, 2.75) is 38.8 Å². The van der Waals surface area contributed by atoms with Crippen molar-refractivity contribution in [1.29, 1.82) is 0 Å². The molecule has 0 aromatic heterocycles. The van der Waals surface area contributed by atoms with E-state index < -0.39 is 0 Å². The third-order valence-corrected chi connectivity index (χ3v) is 3.20. The first kappa shape index (κ1) is 14.2. The largest absolute Gasteiger partial charge is 0.395 e. The van der Waals surface area contributed by atoms with Gasteiger partial charge in [-0.15, -0.1) is 0 Å². The number of hydrazine groups is 1. The predicted molar refractivity (Wildman–Crippen MR) is 71.5 cm³/mol. The maximum Gasteiger partial charge on any atom is 0.0600 e. The summed E-state index contributed by atoms with van der Waals surface area (Å²) in [7, 11) is 2.00. The van der Waals surface area contributed by atoms with Crippen molar-refractivity contribution in [1.82, 2.24) is 10.4 Å². The summed E-state index contributed by atoms with van der Waals surface area (Å²) in [6, 6.07) is 10.9. The molecular weight excluding hydrogens is 212 g/mol. The van der Waals surface area contributed by atoms with Gasteiger partial charge in [0.2, 0.25) is 0 Å². The van der Waals surface area contributed by atoms with Crippen molar-refractivity contribution in [2.75, 3.05) is 13.7 Å². The van der Waals surface area contributed by atoms with Crippen LogP contribution in [-0.4, -0.2) is 29.8 Å². The molecule has 0 spiro atoms. The standard InChI is InChI=1S/C14H24N2O/c1-4-13(11-17)16(3)15-14(5-2)12-9-7-6-8-10-12/h6-10,13-15,17H,4-5,11H2,1-3H3/t13-,14-/m1/s1. The summed E-state index contributed by atoms with van der Waals surface area (Å²) < 4.78 is 0. The summed E-state index contributed by atoms with van der Waals surface area (Å²) in [6.45, 7) is 4.44. The number of hydrogen-bond donors (Lipinski definition) is 2. The molecule has 0 radical (unpaired) electrons. The number of aliphatic hydroxyl groups excluding tert-OH is 1. The first-order valence-electron chi connectivity index (χ1n) is 6.37. The first-order valence-corrected chi connectivity index (χ1v) is 6.37. The SMILES string of the molecule is CC[C@H](CO)N(C)N[C@H](CC)c1ccccc1. The summed E-state index contributed by atoms with van der Waals surface area (Å²) in [5.74, 6) is 0. The minimum Gasteiger partial charge on any atom is -0.395 e. The molecule has 0 fully saturated rings. The molecule has 2 atom stereocenters. The van der Waals surface area contributed by atoms with Gasteiger partial charge in [0.1, 0.15) is 0 Å². The summed E-state index contributed by atoms with van der Waals surface area (Å²) in [5, 5.41) is 11.3. The minimum absolute atomic E-state index is 0.174. The van der Waals surface area contributed by atoms with E-state index >= 15 is 0 Å². The molecule has 1 rings (SSSR count). The normalized spacial score (nSPS) is 14.9. The molecule has 0 heterocycles. The van der Waals surface area contributed by atoms with Gasteiger partial charge in [-0.25, -0.2) is 10.4 Å². The van der Waals surface area contributed by atoms with E-state index in [-0.39, 0.29) is 12.6 Å². The highest BCUT2D eigenvalue weighted by Gasteiger charge is 2.16. The summed E-state index contributed by atoms with van der Waals surface area (Å²) in [6.07, 6.45) is 1.96. The Balaban J connectivity index is 2.64. The highest BCUT2D eigenvalue weighted by Crippen LogP contribution is 2.16. The van der Waals surface area contributed by atoms with Crippen molar-refractivity contribution in [2.24, 2.45) is 0 Å². The monoisotopic (exact) mass is 236 g/mol. The quantitative estimate of drug-likeness (QED) is 0.713. The second-order valence-corrected chi connectivity index (χ2v) is 4.36. The molecule has 3 heteroatoms. The molecule has 3 nitrogen and oxygen atoms in total. The number of nitrogens with zero attached hydrogens (tertiary/aromatic N) is 1. The molecule has 0 aliphatic rings. The van der Waals surface area contributed by atoms with E-state index in [2.05, 4.69) is 43.5 Å². The van der Waals surface area contributed by atoms with Gasteiger partial charge in [-0.2, -0.15) is 0 Å². The van der Waals surface area contributed by atoms with Crippen LogP contribution in [0.25, 0.3) is 0 Å². The molecule has 0 aliphatic carbocycles. The van der Waals surface area contributed by atoms with Gasteiger partial charge in [0, 0.05) is 19.1 Å². The lowest BCUT2D eigenvalue weighted by atomic mass is 10.1. The Bertz CT molecular complexity index is 298. The van der Waals surface area contributed by atoms with Gasteiger partial charge in [0.05, 0.1) is 6.61 Å². The van der Waals surface area contributed by atoms with Crippen LogP contribution >= 0.6 is 0 Å². The number of nitrogens with one attached hydrogen (secondary N) is 1.